The summed E-state index contributed by atoms with van der Waals surface area (Å²) in [6.07, 6.45) is 3.74. The normalized spacial score (nSPS) is 10.5. The molecule has 0 aromatic heterocycles. The number of phenolic OH excluding ortho intramolecular Hbond substituents is 1. The number of ketones is 1. The number of hydrogen-bond donors (Lipinski definition) is 2. The highest BCUT2D eigenvalue weighted by Crippen LogP contribution is 2.29. The zero-order valence-electron chi connectivity index (χ0n) is 11.7. The first-order valence-corrected chi connectivity index (χ1v) is 6.79. The Labute approximate surface area is 114 Å². The number of carbonyl (C=O) groups excluding carboxylic acids is 1. The summed E-state index contributed by atoms with van der Waals surface area (Å²) >= 11 is 0. The molecule has 0 fully saturated rings. The first-order chi connectivity index (χ1) is 9.10. The summed E-state index contributed by atoms with van der Waals surface area (Å²) in [5, 5.41) is 9.81. The number of ether oxygens (including phenoxy) is 1. The van der Waals surface area contributed by atoms with Crippen molar-refractivity contribution in [2.24, 2.45) is 5.73 Å². The molecule has 0 atom stereocenters. The lowest BCUT2D eigenvalue weighted by Crippen LogP contribution is -2.04. The second-order valence-electron chi connectivity index (χ2n) is 4.58. The van der Waals surface area contributed by atoms with Gasteiger partial charge in [0.2, 0.25) is 0 Å². The van der Waals surface area contributed by atoms with Crippen LogP contribution in [0.15, 0.2) is 12.1 Å². The predicted molar refractivity (Wildman–Crippen MR) is 75.9 cm³/mol. The number of nitrogens with two attached hydrogens (primary N) is 1. The van der Waals surface area contributed by atoms with Gasteiger partial charge in [-0.1, -0.05) is 6.92 Å². The lowest BCUT2D eigenvalue weighted by molar-refractivity contribution is 0.101. The standard InChI is InChI=1S/C15H23NO3/c1-3-12-9-13(11(2)17)14(18)10-15(12)19-8-6-4-5-7-16/h9-10,18H,3-8,16H2,1-2H3. The number of rotatable bonds is 8. The minimum Gasteiger partial charge on any atom is -0.507 e. The van der Waals surface area contributed by atoms with E-state index in [-0.39, 0.29) is 11.5 Å². The van der Waals surface area contributed by atoms with Crippen LogP contribution in [-0.2, 0) is 6.42 Å². The van der Waals surface area contributed by atoms with Crippen LogP contribution in [0.25, 0.3) is 0 Å². The van der Waals surface area contributed by atoms with E-state index in [0.717, 1.165) is 31.2 Å². The fourth-order valence-corrected chi connectivity index (χ4v) is 1.91. The third kappa shape index (κ3) is 4.56. The number of aryl methyl sites for hydroxylation is 1. The molecule has 106 valence electrons. The largest absolute Gasteiger partial charge is 0.507 e. The summed E-state index contributed by atoms with van der Waals surface area (Å²) < 4.78 is 5.68. The van der Waals surface area contributed by atoms with Crippen LogP contribution in [0.2, 0.25) is 0 Å². The van der Waals surface area contributed by atoms with Gasteiger partial charge in [0.25, 0.3) is 0 Å². The van der Waals surface area contributed by atoms with E-state index < -0.39 is 0 Å². The predicted octanol–water partition coefficient (Wildman–Crippen LogP) is 2.67. The first kappa shape index (κ1) is 15.5. The van der Waals surface area contributed by atoms with E-state index in [4.69, 9.17) is 10.5 Å². The maximum atomic E-state index is 11.4. The molecule has 0 aliphatic carbocycles. The number of benzene rings is 1. The minimum atomic E-state index is -0.137. The van der Waals surface area contributed by atoms with E-state index in [2.05, 4.69) is 0 Å². The van der Waals surface area contributed by atoms with Gasteiger partial charge < -0.3 is 15.6 Å². The smallest absolute Gasteiger partial charge is 0.163 e. The molecule has 4 heteroatoms. The van der Waals surface area contributed by atoms with Gasteiger partial charge in [-0.3, -0.25) is 4.79 Å². The third-order valence-corrected chi connectivity index (χ3v) is 3.05. The van der Waals surface area contributed by atoms with Gasteiger partial charge in [-0.05, 0) is 50.8 Å². The Kier molecular flexibility index (Phi) is 6.36. The molecule has 0 unspecified atom stereocenters. The van der Waals surface area contributed by atoms with Crippen molar-refractivity contribution in [3.05, 3.63) is 23.3 Å². The van der Waals surface area contributed by atoms with E-state index in [0.29, 0.717) is 24.5 Å². The van der Waals surface area contributed by atoms with Gasteiger partial charge >= 0.3 is 0 Å². The first-order valence-electron chi connectivity index (χ1n) is 6.79. The average Bonchev–Trinajstić information content (AvgIpc) is 2.38. The molecule has 0 amide bonds. The Morgan fingerprint density at radius 1 is 1.32 bits per heavy atom. The van der Waals surface area contributed by atoms with Gasteiger partial charge in [-0.25, -0.2) is 0 Å². The van der Waals surface area contributed by atoms with Gasteiger partial charge in [0.15, 0.2) is 5.78 Å². The quantitative estimate of drug-likeness (QED) is 0.560. The van der Waals surface area contributed by atoms with Gasteiger partial charge in [0.05, 0.1) is 12.2 Å². The fourth-order valence-electron chi connectivity index (χ4n) is 1.91. The Balaban J connectivity index is 2.72. The molecular formula is C15H23NO3. The number of Topliss-reactive ketones (excluding diaryl/α,β-unsaturated/α-hetero) is 1. The summed E-state index contributed by atoms with van der Waals surface area (Å²) in [4.78, 5) is 11.4. The fraction of sp³-hybridized carbons (Fsp3) is 0.533. The van der Waals surface area contributed by atoms with E-state index in [1.54, 1.807) is 12.1 Å². The van der Waals surface area contributed by atoms with Gasteiger partial charge in [-0.2, -0.15) is 0 Å². The second kappa shape index (κ2) is 7.79. The van der Waals surface area contributed by atoms with Crippen molar-refractivity contribution in [3.63, 3.8) is 0 Å². The molecule has 4 nitrogen and oxygen atoms in total. The lowest BCUT2D eigenvalue weighted by atomic mass is 10.0. The van der Waals surface area contributed by atoms with Crippen LogP contribution in [0.5, 0.6) is 11.5 Å². The molecule has 1 aromatic carbocycles. The molecule has 0 radical (unpaired) electrons. The van der Waals surface area contributed by atoms with Gasteiger partial charge in [-0.15, -0.1) is 0 Å². The minimum absolute atomic E-state index is 0.0124. The highest BCUT2D eigenvalue weighted by Gasteiger charge is 2.12. The van der Waals surface area contributed by atoms with Gasteiger partial charge in [0.1, 0.15) is 11.5 Å². The SMILES string of the molecule is CCc1cc(C(C)=O)c(O)cc1OCCCCCN. The summed E-state index contributed by atoms with van der Waals surface area (Å²) in [5.74, 6) is 0.515. The van der Waals surface area contributed by atoms with E-state index >= 15 is 0 Å². The molecule has 3 N–H and O–H groups in total. The Morgan fingerprint density at radius 2 is 2.05 bits per heavy atom. The molecule has 1 aromatic rings. The molecule has 0 aliphatic rings. The molecule has 0 saturated heterocycles. The summed E-state index contributed by atoms with van der Waals surface area (Å²) in [6.45, 7) is 4.75. The van der Waals surface area contributed by atoms with E-state index in [1.165, 1.54) is 6.92 Å². The molecular weight excluding hydrogens is 242 g/mol. The van der Waals surface area contributed by atoms with Crippen molar-refractivity contribution in [1.29, 1.82) is 0 Å². The van der Waals surface area contributed by atoms with Crippen molar-refractivity contribution in [2.75, 3.05) is 13.2 Å². The number of hydrogen-bond acceptors (Lipinski definition) is 4. The summed E-state index contributed by atoms with van der Waals surface area (Å²) in [6, 6.07) is 3.26. The zero-order chi connectivity index (χ0) is 14.3. The van der Waals surface area contributed by atoms with E-state index in [1.807, 2.05) is 6.92 Å². The van der Waals surface area contributed by atoms with Crippen LogP contribution >= 0.6 is 0 Å². The Morgan fingerprint density at radius 3 is 2.63 bits per heavy atom. The average molecular weight is 265 g/mol. The van der Waals surface area contributed by atoms with Crippen LogP contribution in [0, 0.1) is 0 Å². The Bertz CT molecular complexity index is 430. The van der Waals surface area contributed by atoms with Crippen LogP contribution < -0.4 is 10.5 Å². The molecule has 0 heterocycles. The number of unbranched alkanes of at least 4 members (excludes halogenated alkanes) is 2. The number of aromatic hydroxyl groups is 1. The number of carbonyl (C=O) groups is 1. The van der Waals surface area contributed by atoms with Crippen molar-refractivity contribution in [1.82, 2.24) is 0 Å². The highest BCUT2D eigenvalue weighted by molar-refractivity contribution is 5.97. The molecule has 19 heavy (non-hydrogen) atoms. The van der Waals surface area contributed by atoms with Crippen LogP contribution in [0.1, 0.15) is 49.0 Å². The zero-order valence-corrected chi connectivity index (χ0v) is 11.7. The molecule has 0 aliphatic heterocycles. The van der Waals surface area contributed by atoms with E-state index in [9.17, 15) is 9.90 Å². The van der Waals surface area contributed by atoms with Gasteiger partial charge in [0, 0.05) is 6.07 Å². The van der Waals surface area contributed by atoms with Crippen molar-refractivity contribution >= 4 is 5.78 Å². The van der Waals surface area contributed by atoms with Crippen molar-refractivity contribution in [2.45, 2.75) is 39.5 Å². The molecule has 0 bridgehead atoms. The van der Waals surface area contributed by atoms with Crippen LogP contribution in [-0.4, -0.2) is 24.0 Å². The van der Waals surface area contributed by atoms with Crippen molar-refractivity contribution in [3.8, 4) is 11.5 Å². The molecule has 0 saturated carbocycles. The number of phenols is 1. The highest BCUT2D eigenvalue weighted by atomic mass is 16.5. The second-order valence-corrected chi connectivity index (χ2v) is 4.58. The maximum Gasteiger partial charge on any atom is 0.163 e. The van der Waals surface area contributed by atoms with Crippen LogP contribution in [0.4, 0.5) is 0 Å². The molecule has 0 spiro atoms. The van der Waals surface area contributed by atoms with Crippen LogP contribution in [0.3, 0.4) is 0 Å². The Hall–Kier alpha value is -1.55. The third-order valence-electron chi connectivity index (χ3n) is 3.05. The lowest BCUT2D eigenvalue weighted by Gasteiger charge is -2.13. The summed E-state index contributed by atoms with van der Waals surface area (Å²) in [5.41, 5.74) is 6.73. The topological polar surface area (TPSA) is 72.5 Å². The van der Waals surface area contributed by atoms with Crippen molar-refractivity contribution < 1.29 is 14.6 Å². The molecule has 1 rings (SSSR count). The summed E-state index contributed by atoms with van der Waals surface area (Å²) in [7, 11) is 0. The monoisotopic (exact) mass is 265 g/mol. The maximum absolute atomic E-state index is 11.4.